The molecular formula is C24H25ClN4O. The molecule has 1 aliphatic heterocycles. The first-order valence-corrected chi connectivity index (χ1v) is 10.5. The molecule has 0 aliphatic carbocycles. The Balaban J connectivity index is 1.36. The minimum atomic E-state index is 0.0154. The molecule has 0 fully saturated rings. The molecule has 1 N–H and O–H groups in total. The minimum absolute atomic E-state index is 0.0154. The molecule has 0 spiro atoms. The van der Waals surface area contributed by atoms with E-state index in [0.717, 1.165) is 36.4 Å². The van der Waals surface area contributed by atoms with Crippen LogP contribution in [0.5, 0.6) is 0 Å². The van der Waals surface area contributed by atoms with Crippen LogP contribution in [0.4, 0.5) is 5.69 Å². The highest BCUT2D eigenvalue weighted by molar-refractivity contribution is 6.32. The first-order chi connectivity index (χ1) is 14.5. The normalized spacial score (nSPS) is 14.4. The van der Waals surface area contributed by atoms with Crippen LogP contribution in [0.2, 0.25) is 5.02 Å². The smallest absolute Gasteiger partial charge is 0.238 e. The number of para-hydroxylation sites is 1. The van der Waals surface area contributed by atoms with Gasteiger partial charge >= 0.3 is 0 Å². The number of amides is 1. The summed E-state index contributed by atoms with van der Waals surface area (Å²) in [6, 6.07) is 13.7. The number of nitrogens with zero attached hydrogens (tertiary/aromatic N) is 3. The summed E-state index contributed by atoms with van der Waals surface area (Å²) >= 11 is 6.28. The van der Waals surface area contributed by atoms with Crippen molar-refractivity contribution in [1.29, 1.82) is 0 Å². The molecule has 2 heterocycles. The molecule has 0 unspecified atom stereocenters. The number of rotatable bonds is 5. The van der Waals surface area contributed by atoms with Gasteiger partial charge in [-0.2, -0.15) is 5.10 Å². The lowest BCUT2D eigenvalue weighted by Crippen LogP contribution is -2.36. The Morgan fingerprint density at radius 3 is 2.73 bits per heavy atom. The average Bonchev–Trinajstić information content (AvgIpc) is 3.21. The Kier molecular flexibility index (Phi) is 6.02. The standard InChI is InChI=1S/C24H25ClN4O/c1-17-7-8-21(13-18(17)2)27-24(30)16-28-11-9-19(10-12-28)20-14-26-29(15-20)23-6-4-3-5-22(23)25/h3-9,13-15H,10-12,16H2,1-2H3,(H,27,30). The number of benzene rings is 2. The highest BCUT2D eigenvalue weighted by Crippen LogP contribution is 2.25. The molecule has 0 radical (unpaired) electrons. The number of carbonyl (C=O) groups excluding carboxylic acids is 1. The van der Waals surface area contributed by atoms with Crippen molar-refractivity contribution in [3.8, 4) is 5.69 Å². The molecule has 0 bridgehead atoms. The monoisotopic (exact) mass is 420 g/mol. The predicted octanol–water partition coefficient (Wildman–Crippen LogP) is 4.87. The zero-order chi connectivity index (χ0) is 21.1. The van der Waals surface area contributed by atoms with Gasteiger partial charge in [0.15, 0.2) is 0 Å². The van der Waals surface area contributed by atoms with Gasteiger partial charge in [-0.25, -0.2) is 4.68 Å². The fraction of sp³-hybridized carbons (Fsp3) is 0.250. The van der Waals surface area contributed by atoms with Crippen LogP contribution in [0.15, 0.2) is 60.9 Å². The quantitative estimate of drug-likeness (QED) is 0.640. The van der Waals surface area contributed by atoms with Crippen LogP contribution in [0.1, 0.15) is 23.1 Å². The molecule has 6 heteroatoms. The number of aromatic nitrogens is 2. The lowest BCUT2D eigenvalue weighted by Gasteiger charge is -2.25. The van der Waals surface area contributed by atoms with E-state index in [4.69, 9.17) is 11.6 Å². The maximum Gasteiger partial charge on any atom is 0.238 e. The third kappa shape index (κ3) is 4.64. The van der Waals surface area contributed by atoms with Crippen molar-refractivity contribution in [2.45, 2.75) is 20.3 Å². The Morgan fingerprint density at radius 1 is 1.17 bits per heavy atom. The van der Waals surface area contributed by atoms with Crippen LogP contribution < -0.4 is 5.32 Å². The van der Waals surface area contributed by atoms with Gasteiger partial charge in [-0.1, -0.05) is 35.9 Å². The molecule has 4 rings (SSSR count). The van der Waals surface area contributed by atoms with Crippen molar-refractivity contribution in [3.05, 3.63) is 82.6 Å². The van der Waals surface area contributed by atoms with Crippen LogP contribution in [0.3, 0.4) is 0 Å². The summed E-state index contributed by atoms with van der Waals surface area (Å²) in [4.78, 5) is 14.6. The fourth-order valence-corrected chi connectivity index (χ4v) is 3.82. The minimum Gasteiger partial charge on any atom is -0.325 e. The molecule has 30 heavy (non-hydrogen) atoms. The second kappa shape index (κ2) is 8.86. The number of nitrogens with one attached hydrogen (secondary N) is 1. The van der Waals surface area contributed by atoms with Crippen LogP contribution in [-0.4, -0.2) is 40.2 Å². The fourth-order valence-electron chi connectivity index (χ4n) is 3.60. The number of hydrogen-bond donors (Lipinski definition) is 1. The largest absolute Gasteiger partial charge is 0.325 e. The third-order valence-electron chi connectivity index (χ3n) is 5.50. The molecule has 1 amide bonds. The van der Waals surface area contributed by atoms with E-state index in [1.54, 1.807) is 0 Å². The Labute approximate surface area is 182 Å². The molecule has 1 aromatic heterocycles. The Bertz CT molecular complexity index is 1100. The van der Waals surface area contributed by atoms with Gasteiger partial charge in [0.25, 0.3) is 0 Å². The van der Waals surface area contributed by atoms with Gasteiger partial charge in [-0.15, -0.1) is 0 Å². The van der Waals surface area contributed by atoms with Gasteiger partial charge in [-0.3, -0.25) is 9.69 Å². The van der Waals surface area contributed by atoms with E-state index in [1.165, 1.54) is 16.7 Å². The molecule has 0 saturated carbocycles. The predicted molar refractivity (Wildman–Crippen MR) is 122 cm³/mol. The van der Waals surface area contributed by atoms with E-state index in [-0.39, 0.29) is 5.91 Å². The van der Waals surface area contributed by atoms with E-state index in [0.29, 0.717) is 11.6 Å². The molecule has 3 aromatic rings. The highest BCUT2D eigenvalue weighted by Gasteiger charge is 2.17. The summed E-state index contributed by atoms with van der Waals surface area (Å²) in [6.07, 6.45) is 6.94. The van der Waals surface area contributed by atoms with Gasteiger partial charge in [0.05, 0.1) is 23.5 Å². The SMILES string of the molecule is Cc1ccc(NC(=O)CN2CC=C(c3cnn(-c4ccccc4Cl)c3)CC2)cc1C. The Hall–Kier alpha value is -2.89. The first-order valence-electron chi connectivity index (χ1n) is 10.1. The van der Waals surface area contributed by atoms with Crippen LogP contribution >= 0.6 is 11.6 Å². The maximum atomic E-state index is 12.4. The van der Waals surface area contributed by atoms with E-state index in [1.807, 2.05) is 59.5 Å². The number of hydrogen-bond acceptors (Lipinski definition) is 3. The summed E-state index contributed by atoms with van der Waals surface area (Å²) in [5, 5.41) is 8.14. The van der Waals surface area contributed by atoms with Crippen molar-refractivity contribution >= 4 is 28.8 Å². The maximum absolute atomic E-state index is 12.4. The van der Waals surface area contributed by atoms with Crippen LogP contribution in [0, 0.1) is 13.8 Å². The number of aryl methyl sites for hydroxylation is 2. The van der Waals surface area contributed by atoms with Crippen molar-refractivity contribution in [1.82, 2.24) is 14.7 Å². The number of halogens is 1. The molecule has 0 atom stereocenters. The summed E-state index contributed by atoms with van der Waals surface area (Å²) < 4.78 is 1.81. The third-order valence-corrected chi connectivity index (χ3v) is 5.82. The lowest BCUT2D eigenvalue weighted by molar-refractivity contribution is -0.117. The van der Waals surface area contributed by atoms with Crippen molar-refractivity contribution in [3.63, 3.8) is 0 Å². The van der Waals surface area contributed by atoms with Gasteiger partial charge in [0.2, 0.25) is 5.91 Å². The average molecular weight is 421 g/mol. The topological polar surface area (TPSA) is 50.2 Å². The van der Waals surface area contributed by atoms with Crippen molar-refractivity contribution < 1.29 is 4.79 Å². The number of anilines is 1. The zero-order valence-corrected chi connectivity index (χ0v) is 18.0. The van der Waals surface area contributed by atoms with Gasteiger partial charge in [0.1, 0.15) is 0 Å². The molecule has 2 aromatic carbocycles. The molecule has 0 saturated heterocycles. The highest BCUT2D eigenvalue weighted by atomic mass is 35.5. The van der Waals surface area contributed by atoms with Gasteiger partial charge in [-0.05, 0) is 61.2 Å². The van der Waals surface area contributed by atoms with Crippen molar-refractivity contribution in [2.75, 3.05) is 25.0 Å². The molecule has 1 aliphatic rings. The summed E-state index contributed by atoms with van der Waals surface area (Å²) in [5.74, 6) is 0.0154. The van der Waals surface area contributed by atoms with E-state index < -0.39 is 0 Å². The molecular weight excluding hydrogens is 396 g/mol. The molecule has 5 nitrogen and oxygen atoms in total. The second-order valence-corrected chi connectivity index (χ2v) is 8.09. The first kappa shape index (κ1) is 20.4. The molecule has 154 valence electrons. The number of carbonyl (C=O) groups is 1. The van der Waals surface area contributed by atoms with Crippen molar-refractivity contribution in [2.24, 2.45) is 0 Å². The van der Waals surface area contributed by atoms with E-state index >= 15 is 0 Å². The van der Waals surface area contributed by atoms with Gasteiger partial charge in [0, 0.05) is 30.5 Å². The summed E-state index contributed by atoms with van der Waals surface area (Å²) in [5.41, 5.74) is 6.46. The van der Waals surface area contributed by atoms with Gasteiger partial charge < -0.3 is 5.32 Å². The van der Waals surface area contributed by atoms with Crippen LogP contribution in [-0.2, 0) is 4.79 Å². The summed E-state index contributed by atoms with van der Waals surface area (Å²) in [6.45, 7) is 6.08. The van der Waals surface area contributed by atoms with E-state index in [2.05, 4.69) is 35.2 Å². The lowest BCUT2D eigenvalue weighted by atomic mass is 10.0. The van der Waals surface area contributed by atoms with Crippen LogP contribution in [0.25, 0.3) is 11.3 Å². The second-order valence-electron chi connectivity index (χ2n) is 7.69. The zero-order valence-electron chi connectivity index (χ0n) is 17.2. The van der Waals surface area contributed by atoms with E-state index in [9.17, 15) is 4.79 Å². The Morgan fingerprint density at radius 2 is 2.00 bits per heavy atom. The summed E-state index contributed by atoms with van der Waals surface area (Å²) in [7, 11) is 0.